The second-order valence-electron chi connectivity index (χ2n) is 0.408. The minimum atomic E-state index is -5.75. The van der Waals surface area contributed by atoms with Gasteiger partial charge in [-0.1, -0.05) is 0 Å². The Bertz CT molecular complexity index is 93.0. The van der Waals surface area contributed by atoms with Gasteiger partial charge in [-0.25, -0.2) is 0 Å². The van der Waals surface area contributed by atoms with Gasteiger partial charge in [0.25, 0.3) is 0 Å². The van der Waals surface area contributed by atoms with E-state index in [1.807, 2.05) is 0 Å². The van der Waals surface area contributed by atoms with Crippen LogP contribution in [0.25, 0.3) is 0 Å². The quantitative estimate of drug-likeness (QED) is 0.394. The Kier molecular flexibility index (Phi) is 213. The van der Waals surface area contributed by atoms with Crippen LogP contribution in [0.5, 0.6) is 0 Å². The van der Waals surface area contributed by atoms with Crippen molar-refractivity contribution in [3.63, 3.8) is 0 Å². The molecule has 12 heavy (non-hydrogen) atoms. The summed E-state index contributed by atoms with van der Waals surface area (Å²) in [6.45, 7) is 0. The van der Waals surface area contributed by atoms with Gasteiger partial charge in [-0.05, 0) is 0 Å². The van der Waals surface area contributed by atoms with Crippen LogP contribution in [0, 0.1) is 0 Å². The molecule has 12 heteroatoms. The molecule has 12 N–H and O–H groups in total. The first-order chi connectivity index (χ1) is 2.00. The van der Waals surface area contributed by atoms with Crippen LogP contribution >= 0.6 is 0 Å². The molecular formula is H12CoO10Se. The molecule has 0 amide bonds. The molecule has 0 aliphatic rings. The van der Waals surface area contributed by atoms with Gasteiger partial charge in [-0.3, -0.25) is 0 Å². The van der Waals surface area contributed by atoms with Gasteiger partial charge in [-0.2, -0.15) is 0 Å². The van der Waals surface area contributed by atoms with Crippen molar-refractivity contribution in [2.75, 3.05) is 0 Å². The zero-order valence-electron chi connectivity index (χ0n) is 5.37. The fraction of sp³-hybridized carbons (Fsp3) is 0. The van der Waals surface area contributed by atoms with E-state index in [0.29, 0.717) is 0 Å². The van der Waals surface area contributed by atoms with Crippen LogP contribution in [-0.2, 0) is 24.4 Å². The molecule has 10 nitrogen and oxygen atoms in total. The zero-order chi connectivity index (χ0) is 4.50. The molecule has 0 saturated carbocycles. The van der Waals surface area contributed by atoms with E-state index in [1.54, 1.807) is 0 Å². The first-order valence-corrected chi connectivity index (χ1v) is 3.46. The Morgan fingerprint density at radius 3 is 0.667 bits per heavy atom. The molecule has 0 unspecified atom stereocenters. The van der Waals surface area contributed by atoms with E-state index in [4.69, 9.17) is 16.0 Å². The van der Waals surface area contributed by atoms with Crippen LogP contribution in [0.4, 0.5) is 0 Å². The summed E-state index contributed by atoms with van der Waals surface area (Å²) in [5, 5.41) is 0. The van der Waals surface area contributed by atoms with Crippen LogP contribution in [0.1, 0.15) is 0 Å². The van der Waals surface area contributed by atoms with E-state index in [2.05, 4.69) is 0 Å². The van der Waals surface area contributed by atoms with Crippen molar-refractivity contribution in [1.82, 2.24) is 0 Å². The van der Waals surface area contributed by atoms with E-state index in [-0.39, 0.29) is 49.6 Å². The summed E-state index contributed by atoms with van der Waals surface area (Å²) in [7, 11) is 0. The molecule has 0 spiro atoms. The average molecular weight is 310 g/mol. The number of hydrogen-bond donors (Lipinski definition) is 0. The van der Waals surface area contributed by atoms with Crippen molar-refractivity contribution >= 4 is 13.4 Å². The largest absolute Gasteiger partial charge is 2.00 e. The van der Waals surface area contributed by atoms with Crippen molar-refractivity contribution in [2.45, 2.75) is 0 Å². The fourth-order valence-electron chi connectivity index (χ4n) is 0. The average Bonchev–Trinajstić information content (AvgIpc) is 0.722. The SMILES string of the molecule is O.O.O.O.O.O.O=[Se](=O)([O-])[O-].[Co+2]. The molecule has 0 aliphatic heterocycles. The predicted octanol–water partition coefficient (Wildman–Crippen LogP) is -7.95. The van der Waals surface area contributed by atoms with E-state index in [1.165, 1.54) is 0 Å². The molecule has 0 saturated heterocycles. The summed E-state index contributed by atoms with van der Waals surface area (Å²) >= 11 is -5.75. The maximum atomic E-state index is 8.59. The number of rotatable bonds is 0. The van der Waals surface area contributed by atoms with Crippen molar-refractivity contribution in [3.8, 4) is 0 Å². The Hall–Kier alpha value is 0.306. The van der Waals surface area contributed by atoms with Gasteiger partial charge >= 0.3 is 46.2 Å². The van der Waals surface area contributed by atoms with Crippen LogP contribution in [0.3, 0.4) is 0 Å². The second-order valence-corrected chi connectivity index (χ2v) is 2.12. The molecular weight excluding hydrogens is 298 g/mol. The van der Waals surface area contributed by atoms with Crippen molar-refractivity contribution < 1.29 is 65.7 Å². The van der Waals surface area contributed by atoms with Gasteiger partial charge in [0.15, 0.2) is 0 Å². The third-order valence-electron chi connectivity index (χ3n) is 0. The predicted molar refractivity (Wildman–Crippen MR) is 28.8 cm³/mol. The molecule has 0 fully saturated rings. The van der Waals surface area contributed by atoms with E-state index < -0.39 is 13.4 Å². The maximum absolute atomic E-state index is 8.59. The van der Waals surface area contributed by atoms with Crippen LogP contribution in [0.15, 0.2) is 0 Å². The molecule has 0 aliphatic carbocycles. The molecule has 0 rings (SSSR count). The monoisotopic (exact) mass is 311 g/mol. The normalized spacial score (nSPS) is 4.83. The summed E-state index contributed by atoms with van der Waals surface area (Å²) in [6, 6.07) is 0. The van der Waals surface area contributed by atoms with Crippen LogP contribution in [0.2, 0.25) is 0 Å². The first-order valence-electron chi connectivity index (χ1n) is 0.667. The topological polar surface area (TPSA) is 269 Å². The van der Waals surface area contributed by atoms with Crippen LogP contribution < -0.4 is 8.38 Å². The third kappa shape index (κ3) is 9530. The fourth-order valence-corrected chi connectivity index (χ4v) is 0. The summed E-state index contributed by atoms with van der Waals surface area (Å²) in [5.41, 5.74) is 0. The minimum Gasteiger partial charge on any atom is 2.00 e. The molecule has 0 bridgehead atoms. The molecule has 0 aromatic carbocycles. The van der Waals surface area contributed by atoms with Gasteiger partial charge < -0.3 is 32.9 Å². The summed E-state index contributed by atoms with van der Waals surface area (Å²) in [6.07, 6.45) is 0. The molecule has 0 heterocycles. The molecule has 1 radical (unpaired) electrons. The van der Waals surface area contributed by atoms with Crippen molar-refractivity contribution in [1.29, 1.82) is 0 Å². The maximum Gasteiger partial charge on any atom is 2.00 e. The van der Waals surface area contributed by atoms with E-state index in [0.717, 1.165) is 0 Å². The van der Waals surface area contributed by atoms with Gasteiger partial charge in [0.1, 0.15) is 0 Å². The third-order valence-corrected chi connectivity index (χ3v) is 0. The van der Waals surface area contributed by atoms with E-state index in [9.17, 15) is 0 Å². The Morgan fingerprint density at radius 1 is 0.667 bits per heavy atom. The van der Waals surface area contributed by atoms with Gasteiger partial charge in [0, 0.05) is 0 Å². The second kappa shape index (κ2) is 30.2. The van der Waals surface area contributed by atoms with Gasteiger partial charge in [-0.15, -0.1) is 0 Å². The summed E-state index contributed by atoms with van der Waals surface area (Å²) in [4.78, 5) is 0. The van der Waals surface area contributed by atoms with Gasteiger partial charge in [0.05, 0.1) is 0 Å². The standard InChI is InChI=1S/Co.H2O4Se.6H2O/c;1-5(2,3)4;;;;;;/h;(H2,1,2,3,4);6*1H2/q+2;;;;;;;/p-2. The summed E-state index contributed by atoms with van der Waals surface area (Å²) in [5.74, 6) is 0. The van der Waals surface area contributed by atoms with E-state index >= 15 is 0 Å². The zero-order valence-corrected chi connectivity index (χ0v) is 8.13. The Balaban J connectivity index is -0.00000000381. The molecule has 0 aromatic heterocycles. The molecule has 0 aromatic rings. The Morgan fingerprint density at radius 2 is 0.667 bits per heavy atom. The Labute approximate surface area is 79.5 Å². The summed E-state index contributed by atoms with van der Waals surface area (Å²) < 4.78 is 34.4. The van der Waals surface area contributed by atoms with Gasteiger partial charge in [0.2, 0.25) is 0 Å². The number of hydrogen-bond acceptors (Lipinski definition) is 4. The van der Waals surface area contributed by atoms with Crippen LogP contribution in [-0.4, -0.2) is 46.2 Å². The molecule has 87 valence electrons. The smallest absolute Gasteiger partial charge is 2.00 e. The first kappa shape index (κ1) is 84.8. The molecule has 0 atom stereocenters. The van der Waals surface area contributed by atoms with Crippen molar-refractivity contribution in [3.05, 3.63) is 0 Å². The van der Waals surface area contributed by atoms with Crippen molar-refractivity contribution in [2.24, 2.45) is 0 Å². The minimum absolute atomic E-state index is 0.